The molecule has 2 N–H and O–H groups in total. The Morgan fingerprint density at radius 1 is 1.28 bits per heavy atom. The number of carbonyl (C=O) groups excluding carboxylic acids is 1. The Kier molecular flexibility index (Phi) is 8.09. The second kappa shape index (κ2) is 10.8. The minimum absolute atomic E-state index is 0.257. The minimum Gasteiger partial charge on any atom is -0.354 e. The number of hydrogen-bond acceptors (Lipinski definition) is 3. The molecule has 29 heavy (non-hydrogen) atoms. The zero-order valence-electron chi connectivity index (χ0n) is 17.7. The van der Waals surface area contributed by atoms with E-state index in [-0.39, 0.29) is 5.91 Å². The topological polar surface area (TPSA) is 73.8 Å². The number of guanidine groups is 1. The highest BCUT2D eigenvalue weighted by molar-refractivity contribution is 7.85. The maximum Gasteiger partial charge on any atom is 0.222 e. The van der Waals surface area contributed by atoms with E-state index in [2.05, 4.69) is 39.9 Å². The normalized spacial score (nSPS) is 23.9. The summed E-state index contributed by atoms with van der Waals surface area (Å²) in [7, 11) is 1.07. The van der Waals surface area contributed by atoms with Crippen molar-refractivity contribution in [3.05, 3.63) is 35.4 Å². The number of nitrogens with zero attached hydrogens (tertiary/aromatic N) is 2. The van der Waals surface area contributed by atoms with Crippen LogP contribution >= 0.6 is 0 Å². The lowest BCUT2D eigenvalue weighted by Gasteiger charge is -2.30. The zero-order valence-corrected chi connectivity index (χ0v) is 18.5. The van der Waals surface area contributed by atoms with E-state index in [0.717, 1.165) is 50.4 Å². The van der Waals surface area contributed by atoms with Crippen LogP contribution < -0.4 is 10.6 Å². The van der Waals surface area contributed by atoms with Crippen molar-refractivity contribution in [3.63, 3.8) is 0 Å². The molecule has 2 aliphatic rings. The Labute approximate surface area is 177 Å². The van der Waals surface area contributed by atoms with Gasteiger partial charge >= 0.3 is 0 Å². The first-order valence-corrected chi connectivity index (χ1v) is 12.2. The highest BCUT2D eigenvalue weighted by Gasteiger charge is 2.26. The van der Waals surface area contributed by atoms with Gasteiger partial charge < -0.3 is 15.5 Å². The molecule has 0 bridgehead atoms. The maximum atomic E-state index is 12.2. The van der Waals surface area contributed by atoms with Crippen LogP contribution in [0.15, 0.2) is 29.3 Å². The summed E-state index contributed by atoms with van der Waals surface area (Å²) in [6.45, 7) is 4.24. The summed E-state index contributed by atoms with van der Waals surface area (Å²) in [4.78, 5) is 18.2. The Hall–Kier alpha value is -1.89. The van der Waals surface area contributed by atoms with Gasteiger partial charge in [0.25, 0.3) is 0 Å². The molecular formula is C22H34N4O2S. The van der Waals surface area contributed by atoms with Gasteiger partial charge in [0.05, 0.1) is 0 Å². The molecule has 6 nitrogen and oxygen atoms in total. The van der Waals surface area contributed by atoms with Crippen molar-refractivity contribution in [2.45, 2.75) is 69.8 Å². The van der Waals surface area contributed by atoms with Crippen LogP contribution in [0.3, 0.4) is 0 Å². The molecule has 160 valence electrons. The summed E-state index contributed by atoms with van der Waals surface area (Å²) in [6, 6.07) is 8.71. The molecule has 1 aliphatic carbocycles. The fourth-order valence-corrected chi connectivity index (χ4v) is 5.60. The Bertz CT molecular complexity index is 752. The van der Waals surface area contributed by atoms with Crippen molar-refractivity contribution in [1.82, 2.24) is 15.5 Å². The molecular weight excluding hydrogens is 384 g/mol. The second-order valence-electron chi connectivity index (χ2n) is 7.96. The Morgan fingerprint density at radius 3 is 2.83 bits per heavy atom. The molecule has 0 aromatic heterocycles. The summed E-state index contributed by atoms with van der Waals surface area (Å²) in [5, 5.41) is 7.22. The maximum absolute atomic E-state index is 12.2. The summed E-state index contributed by atoms with van der Waals surface area (Å²) < 4.78 is 12.2. The van der Waals surface area contributed by atoms with E-state index >= 15 is 0 Å². The first-order chi connectivity index (χ1) is 14.1. The molecule has 2 fully saturated rings. The summed E-state index contributed by atoms with van der Waals surface area (Å²) in [6.07, 6.45) is 5.87. The second-order valence-corrected chi connectivity index (χ2v) is 9.97. The van der Waals surface area contributed by atoms with Crippen LogP contribution in [0, 0.1) is 0 Å². The van der Waals surface area contributed by atoms with Gasteiger partial charge in [-0.2, -0.15) is 0 Å². The van der Waals surface area contributed by atoms with Crippen molar-refractivity contribution in [3.8, 4) is 0 Å². The smallest absolute Gasteiger partial charge is 0.222 e. The molecule has 7 heteroatoms. The lowest BCUT2D eigenvalue weighted by Crippen LogP contribution is -2.46. The van der Waals surface area contributed by atoms with E-state index in [0.29, 0.717) is 30.8 Å². The van der Waals surface area contributed by atoms with Gasteiger partial charge in [-0.15, -0.1) is 0 Å². The van der Waals surface area contributed by atoms with Crippen LogP contribution in [0.1, 0.15) is 56.6 Å². The molecule has 1 amide bonds. The monoisotopic (exact) mass is 418 g/mol. The Balaban J connectivity index is 1.51. The van der Waals surface area contributed by atoms with E-state index < -0.39 is 10.8 Å². The van der Waals surface area contributed by atoms with Crippen molar-refractivity contribution in [1.29, 1.82) is 0 Å². The fourth-order valence-electron chi connectivity index (χ4n) is 4.25. The van der Waals surface area contributed by atoms with Gasteiger partial charge in [-0.25, -0.2) is 0 Å². The molecule has 1 aromatic carbocycles. The number of rotatable bonds is 7. The van der Waals surface area contributed by atoms with Gasteiger partial charge in [0.2, 0.25) is 5.91 Å². The predicted octanol–water partition coefficient (Wildman–Crippen LogP) is 2.55. The van der Waals surface area contributed by atoms with E-state index in [1.165, 1.54) is 11.1 Å². The number of amides is 1. The van der Waals surface area contributed by atoms with Crippen LogP contribution in [-0.2, 0) is 28.7 Å². The van der Waals surface area contributed by atoms with E-state index in [4.69, 9.17) is 0 Å². The molecule has 1 aromatic rings. The number of aliphatic imine (C=N–C) groups is 1. The van der Waals surface area contributed by atoms with E-state index in [9.17, 15) is 9.00 Å². The quantitative estimate of drug-likeness (QED) is 0.527. The molecule has 1 saturated heterocycles. The molecule has 1 aliphatic heterocycles. The highest BCUT2D eigenvalue weighted by atomic mass is 32.2. The Morgan fingerprint density at radius 2 is 2.10 bits per heavy atom. The molecule has 1 heterocycles. The average Bonchev–Trinajstić information content (AvgIpc) is 3.15. The van der Waals surface area contributed by atoms with Gasteiger partial charge in [-0.1, -0.05) is 37.6 Å². The van der Waals surface area contributed by atoms with Gasteiger partial charge in [0.1, 0.15) is 0 Å². The summed E-state index contributed by atoms with van der Waals surface area (Å²) in [5.41, 5.74) is 2.34. The van der Waals surface area contributed by atoms with Crippen molar-refractivity contribution in [2.75, 3.05) is 19.3 Å². The number of hydrogen-bond donors (Lipinski definition) is 2. The third-order valence-electron chi connectivity index (χ3n) is 5.84. The SMILES string of the molecule is CCS(=O)C1CCCC(NC(=NC)NCc2cccc(CN3CCCC3=O)c2)C1. The third kappa shape index (κ3) is 6.29. The molecule has 3 unspecified atom stereocenters. The summed E-state index contributed by atoms with van der Waals surface area (Å²) >= 11 is 0. The third-order valence-corrected chi connectivity index (χ3v) is 7.58. The van der Waals surface area contributed by atoms with Crippen LogP contribution in [-0.4, -0.2) is 51.6 Å². The molecule has 3 atom stereocenters. The van der Waals surface area contributed by atoms with E-state index in [1.807, 2.05) is 11.8 Å². The number of nitrogens with one attached hydrogen (secondary N) is 2. The predicted molar refractivity (Wildman–Crippen MR) is 119 cm³/mol. The number of benzene rings is 1. The number of likely N-dealkylation sites (tertiary alicyclic amines) is 1. The van der Waals surface area contributed by atoms with Crippen LogP contribution in [0.2, 0.25) is 0 Å². The lowest BCUT2D eigenvalue weighted by atomic mass is 9.95. The van der Waals surface area contributed by atoms with Crippen LogP contribution in [0.4, 0.5) is 0 Å². The van der Waals surface area contributed by atoms with Crippen molar-refractivity contribution < 1.29 is 9.00 Å². The molecule has 3 rings (SSSR count). The van der Waals surface area contributed by atoms with Gasteiger partial charge in [-0.3, -0.25) is 14.0 Å². The van der Waals surface area contributed by atoms with E-state index in [1.54, 1.807) is 7.05 Å². The molecule has 0 radical (unpaired) electrons. The van der Waals surface area contributed by atoms with Gasteiger partial charge in [0, 0.05) is 60.9 Å². The first kappa shape index (κ1) is 21.8. The summed E-state index contributed by atoms with van der Waals surface area (Å²) in [5.74, 6) is 1.79. The lowest BCUT2D eigenvalue weighted by molar-refractivity contribution is -0.128. The zero-order chi connectivity index (χ0) is 20.6. The minimum atomic E-state index is -0.720. The van der Waals surface area contributed by atoms with Crippen molar-refractivity contribution >= 4 is 22.7 Å². The van der Waals surface area contributed by atoms with Crippen molar-refractivity contribution in [2.24, 2.45) is 4.99 Å². The first-order valence-electron chi connectivity index (χ1n) is 10.8. The number of carbonyl (C=O) groups is 1. The van der Waals surface area contributed by atoms with Gasteiger partial charge in [-0.05, 0) is 36.8 Å². The van der Waals surface area contributed by atoms with Gasteiger partial charge in [0.15, 0.2) is 5.96 Å². The average molecular weight is 419 g/mol. The van der Waals surface area contributed by atoms with Crippen LogP contribution in [0.25, 0.3) is 0 Å². The fraction of sp³-hybridized carbons (Fsp3) is 0.636. The standard InChI is InChI=1S/C22H34N4O2S/c1-3-29(28)20-10-5-9-19(14-20)25-22(23-2)24-15-17-7-4-8-18(13-17)16-26-12-6-11-21(26)27/h4,7-8,13,19-20H,3,5-6,9-12,14-16H2,1-2H3,(H2,23,24,25). The molecule has 0 spiro atoms. The highest BCUT2D eigenvalue weighted by Crippen LogP contribution is 2.23. The molecule has 1 saturated carbocycles. The van der Waals surface area contributed by atoms with Crippen LogP contribution in [0.5, 0.6) is 0 Å². The largest absolute Gasteiger partial charge is 0.354 e.